The van der Waals surface area contributed by atoms with Crippen molar-refractivity contribution in [1.82, 2.24) is 20.2 Å². The predicted octanol–water partition coefficient (Wildman–Crippen LogP) is 4.07. The van der Waals surface area contributed by atoms with Crippen molar-refractivity contribution in [3.05, 3.63) is 60.3 Å². The average Bonchev–Trinajstić information content (AvgIpc) is 3.13. The van der Waals surface area contributed by atoms with Crippen molar-refractivity contribution < 1.29 is 4.39 Å². The van der Waals surface area contributed by atoms with Crippen LogP contribution in [0.3, 0.4) is 0 Å². The molecule has 0 aliphatic rings. The molecule has 108 valence electrons. The van der Waals surface area contributed by atoms with Crippen LogP contribution < -0.4 is 0 Å². The van der Waals surface area contributed by atoms with Crippen molar-refractivity contribution in [2.24, 2.45) is 0 Å². The highest BCUT2D eigenvalue weighted by atomic mass is 19.1. The molecule has 0 fully saturated rings. The first-order chi connectivity index (χ1) is 10.7. The average molecular weight is 292 g/mol. The molecule has 0 atom stereocenters. The third kappa shape index (κ3) is 2.07. The first-order valence-corrected chi connectivity index (χ1v) is 6.97. The van der Waals surface area contributed by atoms with Gasteiger partial charge in [-0.05, 0) is 43.3 Å². The largest absolute Gasteiger partial charge is 0.342 e. The van der Waals surface area contributed by atoms with Crippen molar-refractivity contribution in [2.75, 3.05) is 0 Å². The van der Waals surface area contributed by atoms with Gasteiger partial charge >= 0.3 is 0 Å². The zero-order chi connectivity index (χ0) is 15.1. The molecule has 0 radical (unpaired) electrons. The van der Waals surface area contributed by atoms with Crippen molar-refractivity contribution in [1.29, 1.82) is 0 Å². The number of H-pyrrole nitrogens is 2. The standard InChI is InChI=1S/C17H13FN4/c1-10-20-16(11-2-5-14(18)6-3-11)17(21-10)12-4-7-15-13(8-12)9-19-22-15/h2-9H,1H3,(H,19,22)(H,20,21). The Balaban J connectivity index is 1.89. The molecule has 0 amide bonds. The van der Waals surface area contributed by atoms with Crippen molar-refractivity contribution in [3.8, 4) is 22.5 Å². The van der Waals surface area contributed by atoms with Crippen LogP contribution in [0.1, 0.15) is 5.82 Å². The maximum absolute atomic E-state index is 13.1. The number of benzene rings is 2. The van der Waals surface area contributed by atoms with Gasteiger partial charge in [-0.1, -0.05) is 6.07 Å². The minimum atomic E-state index is -0.249. The number of nitrogens with zero attached hydrogens (tertiary/aromatic N) is 2. The SMILES string of the molecule is Cc1nc(-c2ccc3[nH]ncc3c2)c(-c2ccc(F)cc2)[nH]1. The van der Waals surface area contributed by atoms with Gasteiger partial charge in [-0.25, -0.2) is 9.37 Å². The Labute approximate surface area is 126 Å². The summed E-state index contributed by atoms with van der Waals surface area (Å²) in [5.74, 6) is 0.572. The van der Waals surface area contributed by atoms with Gasteiger partial charge in [-0.15, -0.1) is 0 Å². The normalized spacial score (nSPS) is 11.2. The van der Waals surface area contributed by atoms with E-state index in [9.17, 15) is 4.39 Å². The number of aromatic nitrogens is 4. The number of hydrogen-bond donors (Lipinski definition) is 2. The van der Waals surface area contributed by atoms with Gasteiger partial charge in [0.05, 0.1) is 23.1 Å². The first-order valence-electron chi connectivity index (χ1n) is 6.97. The Morgan fingerprint density at radius 2 is 1.77 bits per heavy atom. The number of fused-ring (bicyclic) bond motifs is 1. The number of nitrogens with one attached hydrogen (secondary N) is 2. The van der Waals surface area contributed by atoms with E-state index < -0.39 is 0 Å². The molecule has 22 heavy (non-hydrogen) atoms. The molecule has 2 N–H and O–H groups in total. The number of imidazole rings is 1. The molecular formula is C17H13FN4. The van der Waals surface area contributed by atoms with Crippen LogP contribution in [0, 0.1) is 12.7 Å². The number of aryl methyl sites for hydroxylation is 1. The summed E-state index contributed by atoms with van der Waals surface area (Å²) in [5, 5.41) is 8.00. The summed E-state index contributed by atoms with van der Waals surface area (Å²) in [6.07, 6.45) is 1.79. The van der Waals surface area contributed by atoms with Crippen LogP contribution in [0.5, 0.6) is 0 Å². The molecule has 0 unspecified atom stereocenters. The van der Waals surface area contributed by atoms with E-state index in [4.69, 9.17) is 0 Å². The minimum absolute atomic E-state index is 0.249. The predicted molar refractivity (Wildman–Crippen MR) is 83.8 cm³/mol. The maximum Gasteiger partial charge on any atom is 0.123 e. The minimum Gasteiger partial charge on any atom is -0.342 e. The van der Waals surface area contributed by atoms with Crippen molar-refractivity contribution >= 4 is 10.9 Å². The van der Waals surface area contributed by atoms with Gasteiger partial charge in [0.1, 0.15) is 11.6 Å². The van der Waals surface area contributed by atoms with E-state index in [1.165, 1.54) is 12.1 Å². The summed E-state index contributed by atoms with van der Waals surface area (Å²) in [4.78, 5) is 7.85. The lowest BCUT2D eigenvalue weighted by Gasteiger charge is -2.03. The Morgan fingerprint density at radius 1 is 1.00 bits per heavy atom. The summed E-state index contributed by atoms with van der Waals surface area (Å²) in [6.45, 7) is 1.91. The summed E-state index contributed by atoms with van der Waals surface area (Å²) in [6, 6.07) is 12.4. The molecule has 5 heteroatoms. The second-order valence-corrected chi connectivity index (χ2v) is 5.22. The van der Waals surface area contributed by atoms with Crippen LogP contribution in [-0.4, -0.2) is 20.2 Å². The molecule has 0 spiro atoms. The van der Waals surface area contributed by atoms with E-state index >= 15 is 0 Å². The van der Waals surface area contributed by atoms with Gasteiger partial charge in [-0.3, -0.25) is 5.10 Å². The Morgan fingerprint density at radius 3 is 2.59 bits per heavy atom. The molecule has 0 aliphatic heterocycles. The smallest absolute Gasteiger partial charge is 0.123 e. The third-order valence-electron chi connectivity index (χ3n) is 3.67. The van der Waals surface area contributed by atoms with Crippen molar-refractivity contribution in [3.63, 3.8) is 0 Å². The topological polar surface area (TPSA) is 57.4 Å². The second kappa shape index (κ2) is 4.80. The summed E-state index contributed by atoms with van der Waals surface area (Å²) >= 11 is 0. The van der Waals surface area contributed by atoms with Gasteiger partial charge in [0.15, 0.2) is 0 Å². The molecule has 0 saturated heterocycles. The fourth-order valence-electron chi connectivity index (χ4n) is 2.62. The highest BCUT2D eigenvalue weighted by Crippen LogP contribution is 2.31. The lowest BCUT2D eigenvalue weighted by atomic mass is 10.0. The lowest BCUT2D eigenvalue weighted by Crippen LogP contribution is -1.85. The van der Waals surface area contributed by atoms with E-state index in [2.05, 4.69) is 20.2 Å². The molecule has 2 heterocycles. The van der Waals surface area contributed by atoms with Crippen LogP contribution in [-0.2, 0) is 0 Å². The molecule has 4 rings (SSSR count). The van der Waals surface area contributed by atoms with Crippen LogP contribution in [0.2, 0.25) is 0 Å². The van der Waals surface area contributed by atoms with E-state index in [0.29, 0.717) is 0 Å². The summed E-state index contributed by atoms with van der Waals surface area (Å²) < 4.78 is 13.1. The summed E-state index contributed by atoms with van der Waals surface area (Å²) in [7, 11) is 0. The van der Waals surface area contributed by atoms with Crippen LogP contribution in [0.15, 0.2) is 48.7 Å². The molecule has 4 aromatic rings. The van der Waals surface area contributed by atoms with E-state index in [1.807, 2.05) is 25.1 Å². The van der Waals surface area contributed by atoms with Gasteiger partial charge in [0, 0.05) is 16.5 Å². The van der Waals surface area contributed by atoms with Gasteiger partial charge in [0.2, 0.25) is 0 Å². The Kier molecular flexibility index (Phi) is 2.79. The van der Waals surface area contributed by atoms with Crippen molar-refractivity contribution in [2.45, 2.75) is 6.92 Å². The zero-order valence-corrected chi connectivity index (χ0v) is 11.9. The lowest BCUT2D eigenvalue weighted by molar-refractivity contribution is 0.628. The number of halogens is 1. The molecule has 0 aliphatic carbocycles. The molecule has 0 saturated carbocycles. The van der Waals surface area contributed by atoms with Gasteiger partial charge < -0.3 is 4.98 Å². The highest BCUT2D eigenvalue weighted by Gasteiger charge is 2.13. The third-order valence-corrected chi connectivity index (χ3v) is 3.67. The molecule has 2 aromatic heterocycles. The fraction of sp³-hybridized carbons (Fsp3) is 0.0588. The maximum atomic E-state index is 13.1. The second-order valence-electron chi connectivity index (χ2n) is 5.22. The zero-order valence-electron chi connectivity index (χ0n) is 11.9. The van der Waals surface area contributed by atoms with E-state index in [1.54, 1.807) is 18.3 Å². The molecular weight excluding hydrogens is 279 g/mol. The molecule has 2 aromatic carbocycles. The fourth-order valence-corrected chi connectivity index (χ4v) is 2.62. The van der Waals surface area contributed by atoms with Gasteiger partial charge in [-0.2, -0.15) is 5.10 Å². The quantitative estimate of drug-likeness (QED) is 0.585. The van der Waals surface area contributed by atoms with Crippen LogP contribution in [0.4, 0.5) is 4.39 Å². The molecule has 0 bridgehead atoms. The van der Waals surface area contributed by atoms with Gasteiger partial charge in [0.25, 0.3) is 0 Å². The Hall–Kier alpha value is -2.95. The van der Waals surface area contributed by atoms with Crippen LogP contribution >= 0.6 is 0 Å². The number of hydrogen-bond acceptors (Lipinski definition) is 2. The van der Waals surface area contributed by atoms with E-state index in [0.717, 1.165) is 39.2 Å². The Bertz CT molecular complexity index is 950. The number of aromatic amines is 2. The molecule has 4 nitrogen and oxygen atoms in total. The number of rotatable bonds is 2. The van der Waals surface area contributed by atoms with Crippen LogP contribution in [0.25, 0.3) is 33.4 Å². The summed E-state index contributed by atoms with van der Waals surface area (Å²) in [5.41, 5.74) is 4.63. The first kappa shape index (κ1) is 12.8. The monoisotopic (exact) mass is 292 g/mol. The van der Waals surface area contributed by atoms with E-state index in [-0.39, 0.29) is 5.82 Å². The highest BCUT2D eigenvalue weighted by molar-refractivity contribution is 5.87.